The van der Waals surface area contributed by atoms with E-state index in [1.54, 1.807) is 18.5 Å². The molecule has 0 fully saturated rings. The quantitative estimate of drug-likeness (QED) is 0.210. The van der Waals surface area contributed by atoms with Crippen molar-refractivity contribution in [2.75, 3.05) is 0 Å². The van der Waals surface area contributed by atoms with Gasteiger partial charge in [0.15, 0.2) is 11.6 Å². The van der Waals surface area contributed by atoms with E-state index in [0.717, 1.165) is 66.5 Å². The van der Waals surface area contributed by atoms with Crippen LogP contribution in [0.25, 0.3) is 78.1 Å². The van der Waals surface area contributed by atoms with E-state index in [0.29, 0.717) is 11.6 Å². The zero-order chi connectivity index (χ0) is 27.9. The summed E-state index contributed by atoms with van der Waals surface area (Å²) in [6.07, 6.45) is 3.45. The number of pyridine rings is 2. The van der Waals surface area contributed by atoms with Crippen LogP contribution in [0.4, 0.5) is 0 Å². The average molecular weight is 539 g/mol. The Morgan fingerprint density at radius 1 is 0.381 bits per heavy atom. The average Bonchev–Trinajstić information content (AvgIpc) is 3.08. The predicted molar refractivity (Wildman–Crippen MR) is 167 cm³/mol. The third kappa shape index (κ3) is 4.22. The van der Waals surface area contributed by atoms with E-state index in [-0.39, 0.29) is 0 Å². The van der Waals surface area contributed by atoms with E-state index in [9.17, 15) is 0 Å². The minimum absolute atomic E-state index is 0.593. The number of rotatable bonds is 4. The predicted octanol–water partition coefficient (Wildman–Crippen LogP) is 8.18. The smallest absolute Gasteiger partial charge is 0.178 e. The maximum absolute atomic E-state index is 5.09. The van der Waals surface area contributed by atoms with Gasteiger partial charge in [-0.25, -0.2) is 29.9 Å². The summed E-state index contributed by atoms with van der Waals surface area (Å²) in [5, 5.41) is 3.07. The molecule has 6 nitrogen and oxygen atoms in total. The van der Waals surface area contributed by atoms with Crippen molar-refractivity contribution in [3.63, 3.8) is 0 Å². The third-order valence-corrected chi connectivity index (χ3v) is 7.40. The second kappa shape index (κ2) is 9.94. The van der Waals surface area contributed by atoms with Crippen LogP contribution in [0.5, 0.6) is 0 Å². The van der Waals surface area contributed by atoms with Gasteiger partial charge in [-0.05, 0) is 24.3 Å². The van der Waals surface area contributed by atoms with Gasteiger partial charge in [0.25, 0.3) is 0 Å². The van der Waals surface area contributed by atoms with E-state index in [1.165, 1.54) is 0 Å². The van der Waals surface area contributed by atoms with Gasteiger partial charge in [-0.1, -0.05) is 97.1 Å². The highest BCUT2D eigenvalue weighted by molar-refractivity contribution is 6.04. The van der Waals surface area contributed by atoms with Crippen LogP contribution in [0.15, 0.2) is 134 Å². The molecule has 0 aliphatic rings. The number of aromatic nitrogens is 6. The van der Waals surface area contributed by atoms with Crippen LogP contribution in [0.1, 0.15) is 0 Å². The van der Waals surface area contributed by atoms with Crippen molar-refractivity contribution < 1.29 is 0 Å². The Morgan fingerprint density at radius 3 is 1.76 bits per heavy atom. The normalized spacial score (nSPS) is 11.3. The van der Waals surface area contributed by atoms with Crippen LogP contribution in [0.3, 0.4) is 0 Å². The van der Waals surface area contributed by atoms with Gasteiger partial charge in [0.2, 0.25) is 0 Å². The second-order valence-electron chi connectivity index (χ2n) is 10.0. The minimum atomic E-state index is 0.593. The molecule has 8 aromatic rings. The van der Waals surface area contributed by atoms with Crippen LogP contribution in [0.2, 0.25) is 0 Å². The van der Waals surface area contributed by atoms with Crippen molar-refractivity contribution in [2.45, 2.75) is 0 Å². The lowest BCUT2D eigenvalue weighted by atomic mass is 10.0. The molecule has 0 unspecified atom stereocenters. The molecule has 6 heteroatoms. The molecule has 0 bridgehead atoms. The van der Waals surface area contributed by atoms with Gasteiger partial charge in [0.1, 0.15) is 5.69 Å². The molecule has 8 rings (SSSR count). The van der Waals surface area contributed by atoms with E-state index in [1.807, 2.05) is 60.7 Å². The summed E-state index contributed by atoms with van der Waals surface area (Å²) in [7, 11) is 0. The summed E-state index contributed by atoms with van der Waals surface area (Å²) >= 11 is 0. The summed E-state index contributed by atoms with van der Waals surface area (Å²) < 4.78 is 0. The lowest BCUT2D eigenvalue weighted by Crippen LogP contribution is -1.95. The number of hydrogen-bond donors (Lipinski definition) is 0. The topological polar surface area (TPSA) is 77.3 Å². The van der Waals surface area contributed by atoms with Crippen molar-refractivity contribution in [1.29, 1.82) is 0 Å². The first-order chi connectivity index (χ1) is 20.8. The maximum Gasteiger partial charge on any atom is 0.178 e. The first-order valence-corrected chi connectivity index (χ1v) is 13.7. The number of fused-ring (bicyclic) bond motifs is 4. The Balaban J connectivity index is 1.22. The zero-order valence-electron chi connectivity index (χ0n) is 22.4. The van der Waals surface area contributed by atoms with Crippen molar-refractivity contribution in [3.05, 3.63) is 134 Å². The van der Waals surface area contributed by atoms with Crippen molar-refractivity contribution >= 4 is 32.7 Å². The zero-order valence-corrected chi connectivity index (χ0v) is 22.4. The van der Waals surface area contributed by atoms with E-state index in [2.05, 4.69) is 64.6 Å². The van der Waals surface area contributed by atoms with Crippen molar-refractivity contribution in [1.82, 2.24) is 29.9 Å². The fraction of sp³-hybridized carbons (Fsp3) is 0. The lowest BCUT2D eigenvalue weighted by molar-refractivity contribution is 1.15. The highest BCUT2D eigenvalue weighted by atomic mass is 14.9. The van der Waals surface area contributed by atoms with Gasteiger partial charge in [-0.2, -0.15) is 0 Å². The van der Waals surface area contributed by atoms with Crippen LogP contribution in [0, 0.1) is 0 Å². The largest absolute Gasteiger partial charge is 0.245 e. The molecular formula is C36H22N6. The molecule has 0 saturated carbocycles. The molecule has 196 valence electrons. The molecule has 4 aromatic carbocycles. The van der Waals surface area contributed by atoms with Crippen LogP contribution < -0.4 is 0 Å². The SMILES string of the molecule is c1ccc(-c2nc(-c3ccc(-c4ccc5ccc6ccc(-c7ncccn7)nc6c5n4)cc3)c3ccccc3n2)cc1. The Bertz CT molecular complexity index is 2230. The van der Waals surface area contributed by atoms with Gasteiger partial charge in [0, 0.05) is 45.2 Å². The maximum atomic E-state index is 5.09. The first-order valence-electron chi connectivity index (χ1n) is 13.7. The molecule has 4 heterocycles. The van der Waals surface area contributed by atoms with Crippen LogP contribution in [-0.4, -0.2) is 29.9 Å². The van der Waals surface area contributed by atoms with Crippen molar-refractivity contribution in [2.24, 2.45) is 0 Å². The van der Waals surface area contributed by atoms with E-state index < -0.39 is 0 Å². The number of hydrogen-bond acceptors (Lipinski definition) is 6. The highest BCUT2D eigenvalue weighted by Crippen LogP contribution is 2.32. The number of nitrogens with zero attached hydrogens (tertiary/aromatic N) is 6. The Morgan fingerprint density at radius 2 is 1.00 bits per heavy atom. The van der Waals surface area contributed by atoms with Crippen LogP contribution in [-0.2, 0) is 0 Å². The third-order valence-electron chi connectivity index (χ3n) is 7.40. The summed E-state index contributed by atoms with van der Waals surface area (Å²) in [5.74, 6) is 1.31. The molecule has 4 aromatic heterocycles. The standard InChI is InChI=1S/C36H22N6/c1-2-7-27(8-3-1)35-41-30-10-5-4-9-28(30)32(42-35)24-13-11-23(12-14-24)29-19-17-25-15-16-26-18-20-31(36-37-21-6-22-38-36)40-34(26)33(25)39-29/h1-22H. The second-order valence-corrected chi connectivity index (χ2v) is 10.0. The molecule has 0 radical (unpaired) electrons. The molecule has 0 aliphatic heterocycles. The van der Waals surface area contributed by atoms with Gasteiger partial charge in [-0.3, -0.25) is 0 Å². The summed E-state index contributed by atoms with van der Waals surface area (Å²) in [5.41, 5.74) is 8.13. The van der Waals surface area contributed by atoms with E-state index >= 15 is 0 Å². The monoisotopic (exact) mass is 538 g/mol. The summed E-state index contributed by atoms with van der Waals surface area (Å²) in [6.45, 7) is 0. The summed E-state index contributed by atoms with van der Waals surface area (Å²) in [6, 6.07) is 40.8. The molecule has 42 heavy (non-hydrogen) atoms. The molecule has 0 saturated heterocycles. The van der Waals surface area contributed by atoms with Gasteiger partial charge < -0.3 is 0 Å². The minimum Gasteiger partial charge on any atom is -0.245 e. The fourth-order valence-electron chi connectivity index (χ4n) is 5.30. The highest BCUT2D eigenvalue weighted by Gasteiger charge is 2.13. The Labute approximate surface area is 241 Å². The Hall–Kier alpha value is -5.88. The van der Waals surface area contributed by atoms with Crippen molar-refractivity contribution in [3.8, 4) is 45.4 Å². The molecular weight excluding hydrogens is 516 g/mol. The van der Waals surface area contributed by atoms with Gasteiger partial charge in [-0.15, -0.1) is 0 Å². The number of para-hydroxylation sites is 1. The Kier molecular flexibility index (Phi) is 5.67. The van der Waals surface area contributed by atoms with Gasteiger partial charge >= 0.3 is 0 Å². The van der Waals surface area contributed by atoms with Crippen LogP contribution >= 0.6 is 0 Å². The summed E-state index contributed by atoms with van der Waals surface area (Å²) in [4.78, 5) is 28.6. The first kappa shape index (κ1) is 24.0. The molecule has 0 atom stereocenters. The molecule has 0 spiro atoms. The number of benzene rings is 4. The molecule has 0 aliphatic carbocycles. The molecule has 0 N–H and O–H groups in total. The fourth-order valence-corrected chi connectivity index (χ4v) is 5.30. The van der Waals surface area contributed by atoms with E-state index in [4.69, 9.17) is 19.9 Å². The lowest BCUT2D eigenvalue weighted by Gasteiger charge is -2.10. The van der Waals surface area contributed by atoms with Gasteiger partial charge in [0.05, 0.1) is 27.9 Å². The molecule has 0 amide bonds.